The third-order valence-electron chi connectivity index (χ3n) is 4.79. The van der Waals surface area contributed by atoms with Gasteiger partial charge in [-0.2, -0.15) is 0 Å². The number of ketones is 1. The first-order valence-corrected chi connectivity index (χ1v) is 8.52. The van der Waals surface area contributed by atoms with E-state index >= 15 is 0 Å². The summed E-state index contributed by atoms with van der Waals surface area (Å²) in [5, 5.41) is 20.9. The van der Waals surface area contributed by atoms with Gasteiger partial charge in [-0.25, -0.2) is 0 Å². The molecule has 0 atom stereocenters. The number of carbonyl (C=O) groups excluding carboxylic acids is 1. The fourth-order valence-electron chi connectivity index (χ4n) is 3.38. The summed E-state index contributed by atoms with van der Waals surface area (Å²) in [6.07, 6.45) is 1.33. The SMILES string of the molecule is CC1(C)CCc2c(cc(O)c(C(=O)Cc3ccc4c(c3)OCO4)c2O)O1. The van der Waals surface area contributed by atoms with Crippen LogP contribution in [0, 0.1) is 0 Å². The Morgan fingerprint density at radius 1 is 1.12 bits per heavy atom. The highest BCUT2D eigenvalue weighted by molar-refractivity contribution is 6.03. The molecular formula is C20H20O6. The molecule has 6 heteroatoms. The maximum absolute atomic E-state index is 12.7. The minimum Gasteiger partial charge on any atom is -0.507 e. The number of benzene rings is 2. The van der Waals surface area contributed by atoms with E-state index < -0.39 is 0 Å². The smallest absolute Gasteiger partial charge is 0.231 e. The third-order valence-corrected chi connectivity index (χ3v) is 4.79. The van der Waals surface area contributed by atoms with Crippen molar-refractivity contribution in [2.24, 2.45) is 0 Å². The maximum atomic E-state index is 12.7. The van der Waals surface area contributed by atoms with Crippen molar-refractivity contribution in [2.75, 3.05) is 6.79 Å². The van der Waals surface area contributed by atoms with Crippen molar-refractivity contribution in [1.29, 1.82) is 0 Å². The van der Waals surface area contributed by atoms with Gasteiger partial charge < -0.3 is 24.4 Å². The van der Waals surface area contributed by atoms with Gasteiger partial charge in [-0.3, -0.25) is 4.79 Å². The zero-order valence-corrected chi connectivity index (χ0v) is 14.7. The molecule has 6 nitrogen and oxygen atoms in total. The average molecular weight is 356 g/mol. The Kier molecular flexibility index (Phi) is 3.72. The lowest BCUT2D eigenvalue weighted by atomic mass is 9.90. The Labute approximate surface area is 150 Å². The van der Waals surface area contributed by atoms with Crippen LogP contribution in [0.2, 0.25) is 0 Å². The fourth-order valence-corrected chi connectivity index (χ4v) is 3.38. The Morgan fingerprint density at radius 3 is 2.69 bits per heavy atom. The monoisotopic (exact) mass is 356 g/mol. The van der Waals surface area contributed by atoms with E-state index in [-0.39, 0.29) is 41.7 Å². The second-order valence-corrected chi connectivity index (χ2v) is 7.25. The van der Waals surface area contributed by atoms with Gasteiger partial charge in [0.2, 0.25) is 6.79 Å². The molecular weight excluding hydrogens is 336 g/mol. The predicted octanol–water partition coefficient (Wildman–Crippen LogP) is 3.36. The summed E-state index contributed by atoms with van der Waals surface area (Å²) in [5.41, 5.74) is 0.846. The molecule has 26 heavy (non-hydrogen) atoms. The maximum Gasteiger partial charge on any atom is 0.231 e. The van der Waals surface area contributed by atoms with E-state index in [9.17, 15) is 15.0 Å². The second kappa shape index (κ2) is 5.83. The first-order valence-electron chi connectivity index (χ1n) is 8.52. The normalized spacial score (nSPS) is 16.7. The molecule has 0 aliphatic carbocycles. The van der Waals surface area contributed by atoms with Crippen molar-refractivity contribution < 1.29 is 29.2 Å². The van der Waals surface area contributed by atoms with Crippen LogP contribution < -0.4 is 14.2 Å². The van der Waals surface area contributed by atoms with Gasteiger partial charge in [0.15, 0.2) is 17.3 Å². The number of rotatable bonds is 3. The number of hydrogen-bond acceptors (Lipinski definition) is 6. The highest BCUT2D eigenvalue weighted by Crippen LogP contribution is 2.44. The van der Waals surface area contributed by atoms with Crippen molar-refractivity contribution in [2.45, 2.75) is 38.7 Å². The number of ether oxygens (including phenoxy) is 3. The lowest BCUT2D eigenvalue weighted by Crippen LogP contribution is -2.32. The zero-order valence-electron chi connectivity index (χ0n) is 14.7. The van der Waals surface area contributed by atoms with Crippen LogP contribution in [0.15, 0.2) is 24.3 Å². The Hall–Kier alpha value is -2.89. The Bertz CT molecular complexity index is 900. The molecule has 4 rings (SSSR count). The fraction of sp³-hybridized carbons (Fsp3) is 0.350. The predicted molar refractivity (Wildman–Crippen MR) is 93.4 cm³/mol. The van der Waals surface area contributed by atoms with Crippen LogP contribution in [0.25, 0.3) is 0 Å². The summed E-state index contributed by atoms with van der Waals surface area (Å²) in [6, 6.07) is 6.66. The first kappa shape index (κ1) is 16.6. The van der Waals surface area contributed by atoms with Gasteiger partial charge in [0.05, 0.1) is 0 Å². The molecule has 2 N–H and O–H groups in total. The van der Waals surface area contributed by atoms with Crippen molar-refractivity contribution >= 4 is 5.78 Å². The van der Waals surface area contributed by atoms with Crippen LogP contribution in [0.3, 0.4) is 0 Å². The standard InChI is InChI=1S/C20H20O6/c1-20(2)6-5-12-16(26-20)9-14(22)18(19(12)23)13(21)7-11-3-4-15-17(8-11)25-10-24-15/h3-4,8-9,22-23H,5-7,10H2,1-2H3. The van der Waals surface area contributed by atoms with Gasteiger partial charge in [0.1, 0.15) is 28.4 Å². The van der Waals surface area contributed by atoms with Crippen LogP contribution in [-0.4, -0.2) is 28.4 Å². The quantitative estimate of drug-likeness (QED) is 0.821. The van der Waals surface area contributed by atoms with Crippen LogP contribution >= 0.6 is 0 Å². The van der Waals surface area contributed by atoms with Crippen LogP contribution in [-0.2, 0) is 12.8 Å². The number of carbonyl (C=O) groups is 1. The van der Waals surface area contributed by atoms with Crippen molar-refractivity contribution in [3.63, 3.8) is 0 Å². The van der Waals surface area contributed by atoms with Crippen molar-refractivity contribution in [3.8, 4) is 28.7 Å². The molecule has 2 aliphatic rings. The molecule has 136 valence electrons. The lowest BCUT2D eigenvalue weighted by molar-refractivity contribution is 0.0831. The largest absolute Gasteiger partial charge is 0.507 e. The molecule has 0 fully saturated rings. The number of phenols is 2. The number of fused-ring (bicyclic) bond motifs is 2. The number of aromatic hydroxyl groups is 2. The van der Waals surface area contributed by atoms with Gasteiger partial charge in [0.25, 0.3) is 0 Å². The summed E-state index contributed by atoms with van der Waals surface area (Å²) in [6.45, 7) is 4.06. The van der Waals surface area contributed by atoms with Gasteiger partial charge in [-0.05, 0) is 44.4 Å². The summed E-state index contributed by atoms with van der Waals surface area (Å²) in [5.74, 6) is 0.818. The van der Waals surface area contributed by atoms with E-state index in [1.165, 1.54) is 6.07 Å². The van der Waals surface area contributed by atoms with E-state index in [1.807, 2.05) is 13.8 Å². The van der Waals surface area contributed by atoms with E-state index in [0.29, 0.717) is 41.2 Å². The van der Waals surface area contributed by atoms with Gasteiger partial charge in [0, 0.05) is 18.1 Å². The van der Waals surface area contributed by atoms with Gasteiger partial charge >= 0.3 is 0 Å². The molecule has 0 amide bonds. The molecule has 0 radical (unpaired) electrons. The van der Waals surface area contributed by atoms with Crippen LogP contribution in [0.4, 0.5) is 0 Å². The molecule has 0 aromatic heterocycles. The molecule has 2 aliphatic heterocycles. The summed E-state index contributed by atoms with van der Waals surface area (Å²) in [7, 11) is 0. The van der Waals surface area contributed by atoms with E-state index in [4.69, 9.17) is 14.2 Å². The number of phenolic OH excluding ortho intramolecular Hbond substituents is 2. The summed E-state index contributed by atoms with van der Waals surface area (Å²) < 4.78 is 16.4. The topological polar surface area (TPSA) is 85.2 Å². The molecule has 0 saturated heterocycles. The Balaban J connectivity index is 1.64. The minimum atomic E-state index is -0.371. The highest BCUT2D eigenvalue weighted by Gasteiger charge is 2.32. The van der Waals surface area contributed by atoms with Gasteiger partial charge in [-0.1, -0.05) is 6.07 Å². The van der Waals surface area contributed by atoms with E-state index in [1.54, 1.807) is 18.2 Å². The molecule has 2 aromatic rings. The van der Waals surface area contributed by atoms with E-state index in [2.05, 4.69) is 0 Å². The van der Waals surface area contributed by atoms with Crippen molar-refractivity contribution in [3.05, 3.63) is 41.0 Å². The summed E-state index contributed by atoms with van der Waals surface area (Å²) in [4.78, 5) is 12.7. The van der Waals surface area contributed by atoms with Crippen LogP contribution in [0.5, 0.6) is 28.7 Å². The number of hydrogen-bond donors (Lipinski definition) is 2. The molecule has 2 aromatic carbocycles. The lowest BCUT2D eigenvalue weighted by Gasteiger charge is -2.33. The first-order chi connectivity index (χ1) is 12.3. The zero-order chi connectivity index (χ0) is 18.5. The van der Waals surface area contributed by atoms with Gasteiger partial charge in [-0.15, -0.1) is 0 Å². The molecule has 0 spiro atoms. The van der Waals surface area contributed by atoms with Crippen molar-refractivity contribution in [1.82, 2.24) is 0 Å². The Morgan fingerprint density at radius 2 is 1.88 bits per heavy atom. The minimum absolute atomic E-state index is 0.0307. The molecule has 2 heterocycles. The summed E-state index contributed by atoms with van der Waals surface area (Å²) >= 11 is 0. The third kappa shape index (κ3) is 2.81. The molecule has 0 saturated carbocycles. The van der Waals surface area contributed by atoms with Crippen LogP contribution in [0.1, 0.15) is 41.8 Å². The van der Waals surface area contributed by atoms with E-state index in [0.717, 1.165) is 0 Å². The highest BCUT2D eigenvalue weighted by atomic mass is 16.7. The number of Topliss-reactive ketones (excluding diaryl/α,β-unsaturated/α-hetero) is 1. The second-order valence-electron chi connectivity index (χ2n) is 7.25. The molecule has 0 unspecified atom stereocenters. The average Bonchev–Trinajstić information content (AvgIpc) is 3.01. The molecule has 0 bridgehead atoms.